The van der Waals surface area contributed by atoms with Crippen LogP contribution < -0.4 is 0 Å². The first-order chi connectivity index (χ1) is 9.88. The molecular weight excluding hydrogens is 277 g/mol. The lowest BCUT2D eigenvalue weighted by atomic mass is 9.92. The van der Waals surface area contributed by atoms with E-state index in [4.69, 9.17) is 0 Å². The first-order valence-corrected chi connectivity index (χ1v) is 7.73. The predicted octanol–water partition coefficient (Wildman–Crippen LogP) is 4.34. The highest BCUT2D eigenvalue weighted by molar-refractivity contribution is 5.36. The summed E-state index contributed by atoms with van der Waals surface area (Å²) in [5.74, 6) is 3.05. The van der Waals surface area contributed by atoms with Gasteiger partial charge in [-0.25, -0.2) is 0 Å². The van der Waals surface area contributed by atoms with Gasteiger partial charge in [-0.3, -0.25) is 0 Å². The van der Waals surface area contributed by atoms with Gasteiger partial charge in [-0.1, -0.05) is 6.07 Å². The normalized spacial score (nSPS) is 38.4. The van der Waals surface area contributed by atoms with Crippen LogP contribution in [-0.2, 0) is 6.18 Å². The molecule has 3 fully saturated rings. The smallest absolute Gasteiger partial charge is 0.388 e. The number of aliphatic hydroxyl groups is 1. The van der Waals surface area contributed by atoms with Gasteiger partial charge in [0.15, 0.2) is 0 Å². The molecule has 0 amide bonds. The number of halogens is 3. The van der Waals surface area contributed by atoms with Gasteiger partial charge in [0.25, 0.3) is 0 Å². The van der Waals surface area contributed by atoms with E-state index in [1.807, 2.05) is 0 Å². The Balaban J connectivity index is 1.57. The van der Waals surface area contributed by atoms with E-state index in [-0.39, 0.29) is 5.92 Å². The van der Waals surface area contributed by atoms with Gasteiger partial charge in [-0.05, 0) is 79.0 Å². The van der Waals surface area contributed by atoms with Crippen molar-refractivity contribution in [3.63, 3.8) is 0 Å². The minimum absolute atomic E-state index is 0.284. The maximum Gasteiger partial charge on any atom is 0.416 e. The fourth-order valence-corrected chi connectivity index (χ4v) is 5.21. The Morgan fingerprint density at radius 1 is 1.14 bits per heavy atom. The van der Waals surface area contributed by atoms with Gasteiger partial charge < -0.3 is 5.11 Å². The minimum Gasteiger partial charge on any atom is -0.388 e. The van der Waals surface area contributed by atoms with E-state index in [0.29, 0.717) is 23.0 Å². The second kappa shape index (κ2) is 4.25. The van der Waals surface area contributed by atoms with Crippen LogP contribution in [0.25, 0.3) is 0 Å². The van der Waals surface area contributed by atoms with Crippen molar-refractivity contribution in [3.8, 4) is 0 Å². The largest absolute Gasteiger partial charge is 0.416 e. The first kappa shape index (κ1) is 13.6. The van der Waals surface area contributed by atoms with Crippen LogP contribution in [0.5, 0.6) is 0 Å². The van der Waals surface area contributed by atoms with Gasteiger partial charge in [0, 0.05) is 0 Å². The van der Waals surface area contributed by atoms with Crippen molar-refractivity contribution in [2.45, 2.75) is 38.5 Å². The summed E-state index contributed by atoms with van der Waals surface area (Å²) in [6.45, 7) is 1.67. The molecule has 114 valence electrons. The summed E-state index contributed by atoms with van der Waals surface area (Å²) >= 11 is 0. The molecule has 5 atom stereocenters. The third kappa shape index (κ3) is 1.95. The predicted molar refractivity (Wildman–Crippen MR) is 72.4 cm³/mol. The molecule has 3 aliphatic carbocycles. The summed E-state index contributed by atoms with van der Waals surface area (Å²) in [6.07, 6.45) is -1.04. The van der Waals surface area contributed by atoms with Crippen LogP contribution in [-0.4, -0.2) is 5.11 Å². The van der Waals surface area contributed by atoms with Crippen molar-refractivity contribution in [2.24, 2.45) is 29.6 Å². The molecule has 4 heteroatoms. The van der Waals surface area contributed by atoms with Crippen LogP contribution in [0.1, 0.15) is 42.1 Å². The summed E-state index contributed by atoms with van der Waals surface area (Å²) in [7, 11) is 0. The van der Waals surface area contributed by atoms with Gasteiger partial charge in [0.1, 0.15) is 0 Å². The molecule has 3 aliphatic rings. The van der Waals surface area contributed by atoms with Gasteiger partial charge in [-0.15, -0.1) is 0 Å². The highest BCUT2D eigenvalue weighted by atomic mass is 19.4. The molecule has 3 saturated carbocycles. The fraction of sp³-hybridized carbons (Fsp3) is 0.647. The first-order valence-electron chi connectivity index (χ1n) is 7.73. The SMILES string of the molecule is Cc1cc(C(F)(F)F)ccc1C(O)C1C2C3CCC(C3)C21. The number of fused-ring (bicyclic) bond motifs is 5. The highest BCUT2D eigenvalue weighted by Gasteiger charge is 2.66. The molecule has 1 aromatic rings. The van der Waals surface area contributed by atoms with Crippen molar-refractivity contribution in [1.82, 2.24) is 0 Å². The van der Waals surface area contributed by atoms with Crippen molar-refractivity contribution >= 4 is 0 Å². The molecule has 4 rings (SSSR count). The topological polar surface area (TPSA) is 20.2 Å². The van der Waals surface area contributed by atoms with Crippen molar-refractivity contribution in [1.29, 1.82) is 0 Å². The van der Waals surface area contributed by atoms with Gasteiger partial charge in [-0.2, -0.15) is 13.2 Å². The van der Waals surface area contributed by atoms with Crippen LogP contribution in [0.15, 0.2) is 18.2 Å². The van der Waals surface area contributed by atoms with Crippen LogP contribution in [0.4, 0.5) is 13.2 Å². The molecule has 1 aromatic carbocycles. The van der Waals surface area contributed by atoms with Gasteiger partial charge in [0.05, 0.1) is 11.7 Å². The maximum absolute atomic E-state index is 12.7. The molecule has 0 spiro atoms. The Hall–Kier alpha value is -1.03. The second-order valence-corrected chi connectivity index (χ2v) is 7.08. The average molecular weight is 296 g/mol. The Kier molecular flexibility index (Phi) is 2.76. The number of hydrogen-bond acceptors (Lipinski definition) is 1. The monoisotopic (exact) mass is 296 g/mol. The zero-order chi connectivity index (χ0) is 14.9. The number of rotatable bonds is 2. The van der Waals surface area contributed by atoms with E-state index < -0.39 is 17.8 Å². The molecule has 21 heavy (non-hydrogen) atoms. The highest BCUT2D eigenvalue weighted by Crippen LogP contribution is 2.72. The summed E-state index contributed by atoms with van der Waals surface area (Å²) < 4.78 is 38.1. The van der Waals surface area contributed by atoms with E-state index in [2.05, 4.69) is 0 Å². The van der Waals surface area contributed by atoms with Gasteiger partial charge >= 0.3 is 6.18 Å². The molecule has 5 unspecified atom stereocenters. The van der Waals surface area contributed by atoms with Crippen molar-refractivity contribution < 1.29 is 18.3 Å². The van der Waals surface area contributed by atoms with E-state index in [9.17, 15) is 18.3 Å². The number of benzene rings is 1. The fourth-order valence-electron chi connectivity index (χ4n) is 5.21. The third-order valence-corrected chi connectivity index (χ3v) is 6.08. The number of aliphatic hydroxyl groups excluding tert-OH is 1. The van der Waals surface area contributed by atoms with Crippen molar-refractivity contribution in [2.75, 3.05) is 0 Å². The molecule has 0 aliphatic heterocycles. The molecular formula is C17H19F3O. The Bertz CT molecular complexity index is 564. The minimum atomic E-state index is -4.32. The number of aryl methyl sites for hydroxylation is 1. The third-order valence-electron chi connectivity index (χ3n) is 6.08. The van der Waals surface area contributed by atoms with E-state index in [0.717, 1.165) is 24.0 Å². The zero-order valence-electron chi connectivity index (χ0n) is 11.9. The lowest BCUT2D eigenvalue weighted by Crippen LogP contribution is -2.11. The van der Waals surface area contributed by atoms with E-state index >= 15 is 0 Å². The van der Waals surface area contributed by atoms with Crippen LogP contribution in [0.3, 0.4) is 0 Å². The Labute approximate surface area is 122 Å². The molecule has 0 saturated heterocycles. The molecule has 1 N–H and O–H groups in total. The second-order valence-electron chi connectivity index (χ2n) is 7.08. The Morgan fingerprint density at radius 3 is 2.29 bits per heavy atom. The van der Waals surface area contributed by atoms with Crippen LogP contribution in [0, 0.1) is 36.5 Å². The lowest BCUT2D eigenvalue weighted by molar-refractivity contribution is -0.137. The number of hydrogen-bond donors (Lipinski definition) is 1. The number of alkyl halides is 3. The molecule has 0 heterocycles. The van der Waals surface area contributed by atoms with Gasteiger partial charge in [0.2, 0.25) is 0 Å². The Morgan fingerprint density at radius 2 is 1.76 bits per heavy atom. The van der Waals surface area contributed by atoms with E-state index in [1.54, 1.807) is 6.92 Å². The molecule has 2 bridgehead atoms. The van der Waals surface area contributed by atoms with Crippen LogP contribution >= 0.6 is 0 Å². The summed E-state index contributed by atoms with van der Waals surface area (Å²) in [5.41, 5.74) is 0.600. The zero-order valence-corrected chi connectivity index (χ0v) is 11.9. The lowest BCUT2D eigenvalue weighted by Gasteiger charge is -2.18. The summed E-state index contributed by atoms with van der Waals surface area (Å²) in [5, 5.41) is 10.6. The van der Waals surface area contributed by atoms with E-state index in [1.165, 1.54) is 25.3 Å². The standard InChI is InChI=1S/C17H19F3O/c1-8-6-11(17(18,19)20)4-5-12(8)16(21)15-13-9-2-3-10(7-9)14(13)15/h4-6,9-10,13-16,21H,2-3,7H2,1H3. The summed E-state index contributed by atoms with van der Waals surface area (Å²) in [4.78, 5) is 0. The molecule has 1 nitrogen and oxygen atoms in total. The molecule has 0 radical (unpaired) electrons. The van der Waals surface area contributed by atoms with Crippen molar-refractivity contribution in [3.05, 3.63) is 34.9 Å². The quantitative estimate of drug-likeness (QED) is 0.860. The van der Waals surface area contributed by atoms with Crippen LogP contribution in [0.2, 0.25) is 0 Å². The summed E-state index contributed by atoms with van der Waals surface area (Å²) in [6, 6.07) is 3.72. The average Bonchev–Trinajstić information content (AvgIpc) is 2.85. The molecule has 0 aromatic heterocycles. The maximum atomic E-state index is 12.7.